The van der Waals surface area contributed by atoms with Gasteiger partial charge in [0.25, 0.3) is 0 Å². The zero-order valence-corrected chi connectivity index (χ0v) is 35.9. The Hall–Kier alpha value is -7.64. The number of furan rings is 1. The molecule has 0 amide bonds. The summed E-state index contributed by atoms with van der Waals surface area (Å²) in [6.07, 6.45) is 0. The number of aryl methyl sites for hydroxylation is 1. The molecule has 0 unspecified atom stereocenters. The van der Waals surface area contributed by atoms with E-state index in [0.717, 1.165) is 33.4 Å². The summed E-state index contributed by atoms with van der Waals surface area (Å²) in [7, 11) is 0. The molecule has 12 rings (SSSR count). The van der Waals surface area contributed by atoms with Crippen LogP contribution in [-0.2, 0) is 0 Å². The number of hydrogen-bond acceptors (Lipinski definition) is 4. The van der Waals surface area contributed by atoms with E-state index in [2.05, 4.69) is 127 Å². The summed E-state index contributed by atoms with van der Waals surface area (Å²) in [5, 5.41) is 15.9. The first-order chi connectivity index (χ1) is 31.0. The Kier molecular flexibility index (Phi) is 9.72. The zero-order valence-electron chi connectivity index (χ0n) is 34.3. The molecule has 0 radical (unpaired) electrons. The van der Waals surface area contributed by atoms with Crippen molar-refractivity contribution in [1.29, 1.82) is 5.41 Å². The van der Waals surface area contributed by atoms with Gasteiger partial charge in [0.05, 0.1) is 0 Å². The largest absolute Gasteiger partial charge is 0.456 e. The smallest absolute Gasteiger partial charge is 0.154 e. The van der Waals surface area contributed by atoms with Crippen molar-refractivity contribution in [2.24, 2.45) is 10.7 Å². The second-order valence-corrected chi connectivity index (χ2v) is 17.9. The van der Waals surface area contributed by atoms with E-state index in [9.17, 15) is 0 Å². The Bertz CT molecular complexity index is 3730. The molecule has 3 aromatic heterocycles. The summed E-state index contributed by atoms with van der Waals surface area (Å²) < 4.78 is 11.5. The third-order valence-electron chi connectivity index (χ3n) is 11.8. The number of amidine groups is 2. The second kappa shape index (κ2) is 16.0. The van der Waals surface area contributed by atoms with Crippen molar-refractivity contribution >= 4 is 96.6 Å². The van der Waals surface area contributed by atoms with E-state index in [4.69, 9.17) is 15.6 Å². The minimum Gasteiger partial charge on any atom is -0.456 e. The fourth-order valence-corrected chi connectivity index (χ4v) is 11.1. The molecule has 0 fully saturated rings. The Labute approximate surface area is 372 Å². The van der Waals surface area contributed by atoms with Crippen molar-refractivity contribution < 1.29 is 4.42 Å². The van der Waals surface area contributed by atoms with E-state index in [1.54, 1.807) is 0 Å². The molecule has 0 saturated heterocycles. The van der Waals surface area contributed by atoms with Gasteiger partial charge in [-0.05, 0) is 94.4 Å². The Morgan fingerprint density at radius 3 is 1.81 bits per heavy atom. The van der Waals surface area contributed by atoms with Gasteiger partial charge in [-0.3, -0.25) is 5.41 Å². The summed E-state index contributed by atoms with van der Waals surface area (Å²) in [5.74, 6) is 0.504. The number of nitrogens with zero attached hydrogens (tertiary/aromatic N) is 1. The van der Waals surface area contributed by atoms with Gasteiger partial charge in [0.1, 0.15) is 17.0 Å². The van der Waals surface area contributed by atoms with Crippen LogP contribution in [-0.4, -0.2) is 11.7 Å². The zero-order chi connectivity index (χ0) is 42.4. The highest BCUT2D eigenvalue weighted by molar-refractivity contribution is 7.26. The minimum absolute atomic E-state index is 0.157. The Balaban J connectivity index is 0.000000165. The Morgan fingerprint density at radius 2 is 1.03 bits per heavy atom. The van der Waals surface area contributed by atoms with Crippen LogP contribution < -0.4 is 5.73 Å². The van der Waals surface area contributed by atoms with E-state index in [1.165, 1.54) is 78.9 Å². The van der Waals surface area contributed by atoms with Crippen LogP contribution in [0.25, 0.3) is 95.7 Å². The molecule has 12 aromatic rings. The molecule has 0 saturated carbocycles. The number of fused-ring (bicyclic) bond motifs is 9. The summed E-state index contributed by atoms with van der Waals surface area (Å²) in [4.78, 5) is 4.23. The van der Waals surface area contributed by atoms with Crippen molar-refractivity contribution in [3.63, 3.8) is 0 Å². The first-order valence-corrected chi connectivity index (χ1v) is 22.5. The molecule has 0 atom stereocenters. The van der Waals surface area contributed by atoms with Crippen LogP contribution in [0.4, 0.5) is 0 Å². The van der Waals surface area contributed by atoms with Crippen molar-refractivity contribution in [3.8, 4) is 33.4 Å². The molecule has 3 heterocycles. The lowest BCUT2D eigenvalue weighted by atomic mass is 9.93. The first kappa shape index (κ1) is 38.3. The van der Waals surface area contributed by atoms with Crippen LogP contribution in [0.3, 0.4) is 0 Å². The van der Waals surface area contributed by atoms with Crippen molar-refractivity contribution in [3.05, 3.63) is 217 Å². The van der Waals surface area contributed by atoms with Gasteiger partial charge >= 0.3 is 0 Å². The first-order valence-electron chi connectivity index (χ1n) is 20.9. The lowest BCUT2D eigenvalue weighted by molar-refractivity contribution is 0.669. The Morgan fingerprint density at radius 1 is 0.444 bits per heavy atom. The van der Waals surface area contributed by atoms with Gasteiger partial charge < -0.3 is 10.2 Å². The standard InChI is InChI=1S/C37H22OS2.C20H17N3/c1-21-7-4-11-30-35(21)28-19-22(16-18-29(28)38-30)24-9-5-13-32-36(24)37-25(10-6-14-33(37)40-32)23-15-17-27-26-8-2-3-12-31(26)39-34(27)20-23;21-19(16-10-5-2-6-11-16)23-20(22)18-13-7-12-17(14-18)15-8-3-1-4-9-15/h2-20H,1H3;1-14H,(H3,21,22,23). The number of thiophene rings is 2. The third kappa shape index (κ3) is 7.05. The SMILES string of the molecule is Cc1cccc2oc3ccc(-c4cccc5sc6cccc(-c7ccc8c(c7)sc7ccccc78)c6c45)cc3c12.N=C(N=C(N)c1ccccc1)c1cccc(-c2ccccc2)c1. The van der Waals surface area contributed by atoms with E-state index in [0.29, 0.717) is 5.84 Å². The van der Waals surface area contributed by atoms with Gasteiger partial charge in [0, 0.05) is 62.2 Å². The van der Waals surface area contributed by atoms with Gasteiger partial charge in [-0.15, -0.1) is 22.7 Å². The maximum absolute atomic E-state index is 8.20. The molecule has 0 bridgehead atoms. The average molecular weight is 846 g/mol. The fraction of sp³-hybridized carbons (Fsp3) is 0.0175. The summed E-state index contributed by atoms with van der Waals surface area (Å²) in [6.45, 7) is 2.16. The summed E-state index contributed by atoms with van der Waals surface area (Å²) in [6, 6.07) is 69.5. The molecule has 0 aliphatic carbocycles. The summed E-state index contributed by atoms with van der Waals surface area (Å²) >= 11 is 3.76. The number of rotatable bonds is 5. The van der Waals surface area contributed by atoms with Crippen LogP contribution in [0.15, 0.2) is 210 Å². The predicted molar refractivity (Wildman–Crippen MR) is 271 cm³/mol. The van der Waals surface area contributed by atoms with Gasteiger partial charge in [0.15, 0.2) is 5.84 Å². The quantitative estimate of drug-likeness (QED) is 0.134. The van der Waals surface area contributed by atoms with Crippen molar-refractivity contribution in [1.82, 2.24) is 0 Å². The van der Waals surface area contributed by atoms with E-state index in [1.807, 2.05) is 108 Å². The van der Waals surface area contributed by atoms with Gasteiger partial charge in [-0.2, -0.15) is 0 Å². The monoisotopic (exact) mass is 845 g/mol. The highest BCUT2D eigenvalue weighted by atomic mass is 32.1. The maximum Gasteiger partial charge on any atom is 0.154 e. The molecule has 0 aliphatic heterocycles. The van der Waals surface area contributed by atoms with Crippen molar-refractivity contribution in [2.75, 3.05) is 0 Å². The highest BCUT2D eigenvalue weighted by Gasteiger charge is 2.18. The molecule has 0 aliphatic rings. The molecular weight excluding hydrogens is 807 g/mol. The van der Waals surface area contributed by atoms with Crippen LogP contribution in [0.2, 0.25) is 0 Å². The fourth-order valence-electron chi connectivity index (χ4n) is 8.75. The number of hydrogen-bond donors (Lipinski definition) is 2. The molecule has 6 heteroatoms. The van der Waals surface area contributed by atoms with Gasteiger partial charge in [0.2, 0.25) is 0 Å². The normalized spacial score (nSPS) is 11.8. The molecule has 9 aromatic carbocycles. The topological polar surface area (TPSA) is 75.4 Å². The minimum atomic E-state index is 0.157. The molecule has 3 N–H and O–H groups in total. The number of nitrogens with one attached hydrogen (secondary N) is 1. The van der Waals surface area contributed by atoms with E-state index in [-0.39, 0.29) is 5.84 Å². The van der Waals surface area contributed by atoms with Gasteiger partial charge in [-0.25, -0.2) is 4.99 Å². The van der Waals surface area contributed by atoms with Crippen LogP contribution in [0.5, 0.6) is 0 Å². The lowest BCUT2D eigenvalue weighted by Crippen LogP contribution is -2.15. The third-order valence-corrected chi connectivity index (χ3v) is 14.0. The number of benzene rings is 9. The van der Waals surface area contributed by atoms with Gasteiger partial charge in [-0.1, -0.05) is 152 Å². The number of aliphatic imine (C=N–C) groups is 1. The predicted octanol–water partition coefficient (Wildman–Crippen LogP) is 16.0. The average Bonchev–Trinajstić information content (AvgIpc) is 4.03. The maximum atomic E-state index is 8.20. The lowest BCUT2D eigenvalue weighted by Gasteiger charge is -2.09. The second-order valence-electron chi connectivity index (χ2n) is 15.7. The molecule has 0 spiro atoms. The molecule has 300 valence electrons. The van der Waals surface area contributed by atoms with Crippen molar-refractivity contribution in [2.45, 2.75) is 6.92 Å². The molecular formula is C57H39N3OS2. The van der Waals surface area contributed by atoms with Crippen LogP contribution in [0.1, 0.15) is 16.7 Å². The van der Waals surface area contributed by atoms with Crippen LogP contribution >= 0.6 is 22.7 Å². The summed E-state index contributed by atoms with van der Waals surface area (Å²) in [5.41, 5.74) is 17.9. The number of nitrogens with two attached hydrogens (primary N) is 1. The molecule has 63 heavy (non-hydrogen) atoms. The van der Waals surface area contributed by atoms with E-state index < -0.39 is 0 Å². The van der Waals surface area contributed by atoms with Crippen LogP contribution in [0, 0.1) is 12.3 Å². The highest BCUT2D eigenvalue weighted by Crippen LogP contribution is 2.46. The molecule has 4 nitrogen and oxygen atoms in total. The van der Waals surface area contributed by atoms with E-state index >= 15 is 0 Å².